The number of carboxylic acids is 1. The van der Waals surface area contributed by atoms with Crippen LogP contribution in [0.25, 0.3) is 0 Å². The van der Waals surface area contributed by atoms with Crippen molar-refractivity contribution in [2.75, 3.05) is 27.2 Å². The molecule has 15 heavy (non-hydrogen) atoms. The molecule has 0 aromatic rings. The van der Waals surface area contributed by atoms with Crippen LogP contribution in [0.4, 0.5) is 0 Å². The lowest BCUT2D eigenvalue weighted by Crippen LogP contribution is -2.50. The van der Waals surface area contributed by atoms with Crippen LogP contribution in [0.3, 0.4) is 0 Å². The minimum Gasteiger partial charge on any atom is -0.480 e. The first-order valence-corrected chi connectivity index (χ1v) is 5.19. The van der Waals surface area contributed by atoms with Gasteiger partial charge in [0.2, 0.25) is 5.91 Å². The van der Waals surface area contributed by atoms with E-state index in [2.05, 4.69) is 0 Å². The first kappa shape index (κ1) is 12.0. The number of nitrogens with zero attached hydrogens (tertiary/aromatic N) is 2. The Labute approximate surface area is 89.7 Å². The van der Waals surface area contributed by atoms with Crippen LogP contribution in [-0.4, -0.2) is 60.0 Å². The van der Waals surface area contributed by atoms with Crippen LogP contribution in [0.1, 0.15) is 19.3 Å². The Morgan fingerprint density at radius 2 is 2.07 bits per heavy atom. The van der Waals surface area contributed by atoms with Gasteiger partial charge in [-0.3, -0.25) is 4.79 Å². The van der Waals surface area contributed by atoms with E-state index in [9.17, 15) is 9.59 Å². The summed E-state index contributed by atoms with van der Waals surface area (Å²) in [5.74, 6) is -0.978. The van der Waals surface area contributed by atoms with Gasteiger partial charge in [-0.1, -0.05) is 0 Å². The van der Waals surface area contributed by atoms with Crippen LogP contribution < -0.4 is 0 Å². The highest BCUT2D eigenvalue weighted by Gasteiger charge is 2.31. The van der Waals surface area contributed by atoms with Crippen molar-refractivity contribution in [2.45, 2.75) is 25.3 Å². The molecule has 5 nitrogen and oxygen atoms in total. The van der Waals surface area contributed by atoms with E-state index in [1.165, 1.54) is 4.90 Å². The fraction of sp³-hybridized carbons (Fsp3) is 0.800. The molecule has 1 heterocycles. The number of aliphatic carboxylic acids is 1. The summed E-state index contributed by atoms with van der Waals surface area (Å²) in [6.07, 6.45) is 2.38. The van der Waals surface area contributed by atoms with Gasteiger partial charge in [-0.15, -0.1) is 0 Å². The van der Waals surface area contributed by atoms with E-state index in [4.69, 9.17) is 5.11 Å². The van der Waals surface area contributed by atoms with Gasteiger partial charge in [0.15, 0.2) is 0 Å². The van der Waals surface area contributed by atoms with E-state index in [-0.39, 0.29) is 12.5 Å². The molecule has 0 aromatic heterocycles. The molecule has 1 aliphatic heterocycles. The lowest BCUT2D eigenvalue weighted by atomic mass is 10.0. The van der Waals surface area contributed by atoms with Crippen LogP contribution in [0.2, 0.25) is 0 Å². The van der Waals surface area contributed by atoms with Crippen molar-refractivity contribution in [1.82, 2.24) is 9.80 Å². The molecule has 1 amide bonds. The summed E-state index contributed by atoms with van der Waals surface area (Å²) in [5, 5.41) is 8.98. The first-order chi connectivity index (χ1) is 7.02. The maximum Gasteiger partial charge on any atom is 0.326 e. The van der Waals surface area contributed by atoms with Crippen LogP contribution in [0, 0.1) is 0 Å². The molecule has 0 saturated carbocycles. The van der Waals surface area contributed by atoms with Gasteiger partial charge in [-0.25, -0.2) is 4.79 Å². The molecule has 1 rings (SSSR count). The number of hydrogen-bond donors (Lipinski definition) is 1. The molecule has 0 spiro atoms. The number of amides is 1. The quantitative estimate of drug-likeness (QED) is 0.719. The van der Waals surface area contributed by atoms with Gasteiger partial charge >= 0.3 is 5.97 Å². The normalized spacial score (nSPS) is 21.8. The second kappa shape index (κ2) is 5.11. The lowest BCUT2D eigenvalue weighted by Gasteiger charge is -2.33. The number of hydrogen-bond acceptors (Lipinski definition) is 3. The average Bonchev–Trinajstić information content (AvgIpc) is 2.16. The number of piperidine rings is 1. The summed E-state index contributed by atoms with van der Waals surface area (Å²) in [6.45, 7) is 0.855. The third kappa shape index (κ3) is 3.20. The van der Waals surface area contributed by atoms with E-state index in [0.717, 1.165) is 12.8 Å². The summed E-state index contributed by atoms with van der Waals surface area (Å²) in [5.41, 5.74) is 0. The van der Waals surface area contributed by atoms with Crippen molar-refractivity contribution >= 4 is 11.9 Å². The molecule has 1 fully saturated rings. The van der Waals surface area contributed by atoms with Crippen molar-refractivity contribution < 1.29 is 14.7 Å². The number of carbonyl (C=O) groups excluding carboxylic acids is 1. The highest BCUT2D eigenvalue weighted by Crippen LogP contribution is 2.17. The number of likely N-dealkylation sites (N-methyl/N-ethyl adjacent to an activating group) is 1. The maximum absolute atomic E-state index is 11.7. The second-order valence-electron chi connectivity index (χ2n) is 4.17. The molecule has 5 heteroatoms. The van der Waals surface area contributed by atoms with Gasteiger partial charge in [0.1, 0.15) is 6.04 Å². The summed E-state index contributed by atoms with van der Waals surface area (Å²) in [6, 6.07) is -0.619. The second-order valence-corrected chi connectivity index (χ2v) is 4.17. The Hall–Kier alpha value is -1.10. The molecule has 1 atom stereocenters. The van der Waals surface area contributed by atoms with Crippen molar-refractivity contribution in [3.05, 3.63) is 0 Å². The third-order valence-electron chi connectivity index (χ3n) is 2.56. The first-order valence-electron chi connectivity index (χ1n) is 5.19. The van der Waals surface area contributed by atoms with E-state index >= 15 is 0 Å². The SMILES string of the molecule is CN(C)CC(=O)N1CCCC[C@@H]1C(=O)O. The van der Waals surface area contributed by atoms with Gasteiger partial charge in [0.25, 0.3) is 0 Å². The lowest BCUT2D eigenvalue weighted by molar-refractivity contribution is -0.152. The summed E-state index contributed by atoms with van der Waals surface area (Å²) < 4.78 is 0. The predicted octanol–water partition coefficient (Wildman–Crippen LogP) is 0.0137. The van der Waals surface area contributed by atoms with E-state index in [0.29, 0.717) is 13.0 Å². The average molecular weight is 214 g/mol. The van der Waals surface area contributed by atoms with Gasteiger partial charge in [-0.2, -0.15) is 0 Å². The van der Waals surface area contributed by atoms with Gasteiger partial charge < -0.3 is 14.9 Å². The number of rotatable bonds is 3. The molecule has 0 bridgehead atoms. The minimum atomic E-state index is -0.887. The monoisotopic (exact) mass is 214 g/mol. The highest BCUT2D eigenvalue weighted by atomic mass is 16.4. The largest absolute Gasteiger partial charge is 0.480 e. The molecule has 1 saturated heterocycles. The Morgan fingerprint density at radius 3 is 2.60 bits per heavy atom. The summed E-state index contributed by atoms with van der Waals surface area (Å²) in [7, 11) is 3.61. The van der Waals surface area contributed by atoms with E-state index < -0.39 is 12.0 Å². The fourth-order valence-electron chi connectivity index (χ4n) is 1.85. The van der Waals surface area contributed by atoms with Crippen LogP contribution >= 0.6 is 0 Å². The van der Waals surface area contributed by atoms with Crippen molar-refractivity contribution in [1.29, 1.82) is 0 Å². The van der Waals surface area contributed by atoms with Crippen LogP contribution in [0.15, 0.2) is 0 Å². The van der Waals surface area contributed by atoms with Gasteiger partial charge in [0, 0.05) is 6.54 Å². The smallest absolute Gasteiger partial charge is 0.326 e. The molecular weight excluding hydrogens is 196 g/mol. The van der Waals surface area contributed by atoms with Crippen LogP contribution in [-0.2, 0) is 9.59 Å². The zero-order chi connectivity index (χ0) is 11.4. The zero-order valence-electron chi connectivity index (χ0n) is 9.27. The van der Waals surface area contributed by atoms with Crippen molar-refractivity contribution in [3.8, 4) is 0 Å². The molecule has 86 valence electrons. The standard InChI is InChI=1S/C10H18N2O3/c1-11(2)7-9(13)12-6-4-3-5-8(12)10(14)15/h8H,3-7H2,1-2H3,(H,14,15)/t8-/m1/s1. The summed E-state index contributed by atoms with van der Waals surface area (Å²) in [4.78, 5) is 25.9. The highest BCUT2D eigenvalue weighted by molar-refractivity contribution is 5.85. The van der Waals surface area contributed by atoms with E-state index in [1.807, 2.05) is 0 Å². The predicted molar refractivity (Wildman–Crippen MR) is 55.5 cm³/mol. The fourth-order valence-corrected chi connectivity index (χ4v) is 1.85. The summed E-state index contributed by atoms with van der Waals surface area (Å²) >= 11 is 0. The molecular formula is C10H18N2O3. The Kier molecular flexibility index (Phi) is 4.08. The van der Waals surface area contributed by atoms with Gasteiger partial charge in [-0.05, 0) is 33.4 Å². The van der Waals surface area contributed by atoms with Gasteiger partial charge in [0.05, 0.1) is 6.54 Å². The van der Waals surface area contributed by atoms with Crippen molar-refractivity contribution in [2.24, 2.45) is 0 Å². The number of likely N-dealkylation sites (tertiary alicyclic amines) is 1. The Bertz CT molecular complexity index is 253. The number of carbonyl (C=O) groups is 2. The Balaban J connectivity index is 2.63. The molecule has 0 radical (unpaired) electrons. The molecule has 1 N–H and O–H groups in total. The van der Waals surface area contributed by atoms with Crippen LogP contribution in [0.5, 0.6) is 0 Å². The molecule has 0 aromatic carbocycles. The molecule has 0 unspecified atom stereocenters. The maximum atomic E-state index is 11.7. The minimum absolute atomic E-state index is 0.0906. The Morgan fingerprint density at radius 1 is 1.40 bits per heavy atom. The topological polar surface area (TPSA) is 60.9 Å². The van der Waals surface area contributed by atoms with Crippen molar-refractivity contribution in [3.63, 3.8) is 0 Å². The zero-order valence-corrected chi connectivity index (χ0v) is 9.27. The third-order valence-corrected chi connectivity index (χ3v) is 2.56. The van der Waals surface area contributed by atoms with E-state index in [1.54, 1.807) is 19.0 Å². The molecule has 0 aliphatic carbocycles. The number of carboxylic acid groups (broad SMARTS) is 1. The molecule has 1 aliphatic rings.